The molecule has 0 heterocycles. The van der Waals surface area contributed by atoms with Crippen molar-refractivity contribution in [2.75, 3.05) is 0 Å². The van der Waals surface area contributed by atoms with E-state index < -0.39 is 11.9 Å². The second-order valence-electron chi connectivity index (χ2n) is 1.99. The zero-order chi connectivity index (χ0) is 7.98. The number of unbranched alkanes of at least 4 members (excludes halogenated alkanes) is 1. The van der Waals surface area contributed by atoms with Crippen molar-refractivity contribution in [3.63, 3.8) is 0 Å². The van der Waals surface area contributed by atoms with Crippen LogP contribution in [-0.2, 0) is 30.0 Å². The smallest absolute Gasteiger partial charge is 0.303 e. The van der Waals surface area contributed by atoms with E-state index in [1.54, 1.807) is 0 Å². The number of hydrogen-bond donors (Lipinski definition) is 2. The number of rotatable bonds is 5. The molecule has 0 aromatic rings. The van der Waals surface area contributed by atoms with Crippen LogP contribution >= 0.6 is 0 Å². The number of carboxylic acids is 2. The summed E-state index contributed by atoms with van der Waals surface area (Å²) in [6.07, 6.45) is 1.02. The van der Waals surface area contributed by atoms with Crippen LogP contribution in [0.15, 0.2) is 0 Å². The Morgan fingerprint density at radius 3 is 1.36 bits per heavy atom. The number of carbonyl (C=O) groups is 2. The summed E-state index contributed by atoms with van der Waals surface area (Å²) in [7, 11) is 0. The summed E-state index contributed by atoms with van der Waals surface area (Å²) in [6.45, 7) is 0. The molecule has 0 amide bonds. The first-order chi connectivity index (χ1) is 4.63. The Morgan fingerprint density at radius 2 is 1.18 bits per heavy atom. The molecule has 0 rings (SSSR count). The van der Waals surface area contributed by atoms with Crippen LogP contribution in [-0.4, -0.2) is 22.2 Å². The minimum Gasteiger partial charge on any atom is -0.481 e. The molecule has 0 fully saturated rings. The zero-order valence-corrected chi connectivity index (χ0v) is 7.41. The van der Waals surface area contributed by atoms with Crippen molar-refractivity contribution < 1.29 is 40.2 Å². The van der Waals surface area contributed by atoms with Crippen LogP contribution in [0.2, 0.25) is 0 Å². The molecule has 0 saturated carbocycles. The SMILES string of the molecule is O=C(O)CCCCC(=O)O.[Pd]. The minimum absolute atomic E-state index is 0. The molecule has 0 aliphatic carbocycles. The van der Waals surface area contributed by atoms with Gasteiger partial charge in [0.15, 0.2) is 0 Å². The molecular formula is C6H10O4Pd. The molecular weight excluding hydrogens is 242 g/mol. The van der Waals surface area contributed by atoms with E-state index in [4.69, 9.17) is 10.2 Å². The third kappa shape index (κ3) is 12.7. The molecule has 0 saturated heterocycles. The Kier molecular flexibility index (Phi) is 9.26. The molecule has 11 heavy (non-hydrogen) atoms. The van der Waals surface area contributed by atoms with Gasteiger partial charge in [0.25, 0.3) is 0 Å². The maximum Gasteiger partial charge on any atom is 0.303 e. The van der Waals surface area contributed by atoms with E-state index in [0.29, 0.717) is 12.8 Å². The van der Waals surface area contributed by atoms with Crippen molar-refractivity contribution in [3.05, 3.63) is 0 Å². The van der Waals surface area contributed by atoms with E-state index in [0.717, 1.165) is 0 Å². The second-order valence-corrected chi connectivity index (χ2v) is 1.99. The van der Waals surface area contributed by atoms with E-state index in [9.17, 15) is 9.59 Å². The summed E-state index contributed by atoms with van der Waals surface area (Å²) in [5.74, 6) is -1.74. The topological polar surface area (TPSA) is 74.6 Å². The molecule has 0 unspecified atom stereocenters. The Labute approximate surface area is 78.3 Å². The van der Waals surface area contributed by atoms with E-state index >= 15 is 0 Å². The number of hydrogen-bond acceptors (Lipinski definition) is 2. The fourth-order valence-corrected chi connectivity index (χ4v) is 0.552. The predicted molar refractivity (Wildman–Crippen MR) is 33.7 cm³/mol. The van der Waals surface area contributed by atoms with E-state index in [1.807, 2.05) is 0 Å². The quantitative estimate of drug-likeness (QED) is 0.558. The van der Waals surface area contributed by atoms with Crippen LogP contribution in [0.1, 0.15) is 25.7 Å². The molecule has 0 aliphatic rings. The third-order valence-electron chi connectivity index (χ3n) is 1.03. The van der Waals surface area contributed by atoms with Crippen LogP contribution in [0.25, 0.3) is 0 Å². The van der Waals surface area contributed by atoms with Gasteiger partial charge in [-0.15, -0.1) is 0 Å². The number of carboxylic acid groups (broad SMARTS) is 2. The average molecular weight is 253 g/mol. The standard InChI is InChI=1S/C6H10O4.Pd/c7-5(8)3-1-2-4-6(9)10;/h1-4H2,(H,7,8)(H,9,10);. The maximum absolute atomic E-state index is 9.90. The van der Waals surface area contributed by atoms with Crippen molar-refractivity contribution in [3.8, 4) is 0 Å². The predicted octanol–water partition coefficient (Wildman–Crippen LogP) is 0.714. The summed E-state index contributed by atoms with van der Waals surface area (Å²) in [5.41, 5.74) is 0. The van der Waals surface area contributed by atoms with Crippen molar-refractivity contribution in [2.45, 2.75) is 25.7 Å². The summed E-state index contributed by atoms with van der Waals surface area (Å²) < 4.78 is 0. The zero-order valence-electron chi connectivity index (χ0n) is 5.86. The molecule has 0 spiro atoms. The van der Waals surface area contributed by atoms with E-state index in [1.165, 1.54) is 0 Å². The summed E-state index contributed by atoms with van der Waals surface area (Å²) >= 11 is 0. The van der Waals surface area contributed by atoms with Crippen molar-refractivity contribution in [1.29, 1.82) is 0 Å². The fourth-order valence-electron chi connectivity index (χ4n) is 0.552. The molecule has 0 aromatic carbocycles. The molecule has 0 atom stereocenters. The van der Waals surface area contributed by atoms with Crippen LogP contribution in [0.3, 0.4) is 0 Å². The number of aliphatic carboxylic acids is 2. The molecule has 0 bridgehead atoms. The van der Waals surface area contributed by atoms with Gasteiger partial charge in [0.1, 0.15) is 0 Å². The molecule has 0 aliphatic heterocycles. The van der Waals surface area contributed by atoms with Gasteiger partial charge in [-0.25, -0.2) is 0 Å². The van der Waals surface area contributed by atoms with Gasteiger partial charge in [0, 0.05) is 33.3 Å². The second kappa shape index (κ2) is 7.71. The van der Waals surface area contributed by atoms with Crippen molar-refractivity contribution in [1.82, 2.24) is 0 Å². The van der Waals surface area contributed by atoms with E-state index in [2.05, 4.69) is 0 Å². The Morgan fingerprint density at radius 1 is 0.909 bits per heavy atom. The molecule has 5 heteroatoms. The van der Waals surface area contributed by atoms with Crippen LogP contribution in [0.4, 0.5) is 0 Å². The van der Waals surface area contributed by atoms with Gasteiger partial charge in [-0.05, 0) is 12.8 Å². The van der Waals surface area contributed by atoms with E-state index in [-0.39, 0.29) is 33.3 Å². The molecule has 4 nitrogen and oxygen atoms in total. The molecule has 68 valence electrons. The largest absolute Gasteiger partial charge is 0.481 e. The van der Waals surface area contributed by atoms with Gasteiger partial charge in [-0.2, -0.15) is 0 Å². The molecule has 2 N–H and O–H groups in total. The Hall–Kier alpha value is -0.398. The monoisotopic (exact) mass is 252 g/mol. The average Bonchev–Trinajstić information content (AvgIpc) is 1.79. The van der Waals surface area contributed by atoms with Gasteiger partial charge in [0.2, 0.25) is 0 Å². The van der Waals surface area contributed by atoms with Gasteiger partial charge in [0.05, 0.1) is 0 Å². The van der Waals surface area contributed by atoms with Gasteiger partial charge < -0.3 is 10.2 Å². The first-order valence-electron chi connectivity index (χ1n) is 3.06. The summed E-state index contributed by atoms with van der Waals surface area (Å²) in [6, 6.07) is 0. The Bertz CT molecular complexity index is 119. The normalized spacial score (nSPS) is 8.36. The first kappa shape index (κ1) is 13.2. The van der Waals surface area contributed by atoms with Gasteiger partial charge in [-0.1, -0.05) is 0 Å². The minimum atomic E-state index is -0.870. The van der Waals surface area contributed by atoms with Gasteiger partial charge in [-0.3, -0.25) is 9.59 Å². The van der Waals surface area contributed by atoms with Crippen LogP contribution in [0, 0.1) is 0 Å². The van der Waals surface area contributed by atoms with Crippen LogP contribution in [0.5, 0.6) is 0 Å². The molecule has 0 radical (unpaired) electrons. The van der Waals surface area contributed by atoms with Crippen LogP contribution < -0.4 is 0 Å². The maximum atomic E-state index is 9.90. The van der Waals surface area contributed by atoms with Gasteiger partial charge >= 0.3 is 11.9 Å². The summed E-state index contributed by atoms with van der Waals surface area (Å²) in [5, 5.41) is 16.3. The molecule has 0 aromatic heterocycles. The fraction of sp³-hybridized carbons (Fsp3) is 0.667. The summed E-state index contributed by atoms with van der Waals surface area (Å²) in [4.78, 5) is 19.8. The Balaban J connectivity index is 0. The third-order valence-corrected chi connectivity index (χ3v) is 1.03. The first-order valence-corrected chi connectivity index (χ1v) is 3.06. The van der Waals surface area contributed by atoms with Crippen molar-refractivity contribution >= 4 is 11.9 Å². The van der Waals surface area contributed by atoms with Crippen molar-refractivity contribution in [2.24, 2.45) is 0 Å².